The van der Waals surface area contributed by atoms with Crippen LogP contribution in [-0.2, 0) is 4.79 Å². The highest BCUT2D eigenvalue weighted by molar-refractivity contribution is 6.33. The maximum atomic E-state index is 13.8. The van der Waals surface area contributed by atoms with E-state index in [1.165, 1.54) is 19.4 Å². The largest absolute Gasteiger partial charge is 0.493 e. The molecular formula is C40H48ClN7O4. The van der Waals surface area contributed by atoms with Crippen molar-refractivity contribution >= 4 is 52.5 Å². The normalized spacial score (nSPS) is 13.2. The van der Waals surface area contributed by atoms with Crippen molar-refractivity contribution in [1.82, 2.24) is 19.8 Å². The Morgan fingerprint density at radius 2 is 1.69 bits per heavy atom. The molecule has 0 bridgehead atoms. The number of para-hydroxylation sites is 1. The number of amides is 2. The average Bonchev–Trinajstić information content (AvgIpc) is 3.14. The number of carbonyl (C=O) groups excluding carboxylic acids is 2. The lowest BCUT2D eigenvalue weighted by molar-refractivity contribution is -0.125. The summed E-state index contributed by atoms with van der Waals surface area (Å²) < 4.78 is 12.0. The molecule has 5 rings (SSSR count). The third-order valence-electron chi connectivity index (χ3n) is 9.06. The van der Waals surface area contributed by atoms with Gasteiger partial charge < -0.3 is 29.9 Å². The summed E-state index contributed by atoms with van der Waals surface area (Å²) in [5.41, 5.74) is 5.08. The van der Waals surface area contributed by atoms with Crippen molar-refractivity contribution in [2.75, 3.05) is 68.5 Å². The molecule has 0 atom stereocenters. The summed E-state index contributed by atoms with van der Waals surface area (Å²) in [6, 6.07) is 16.9. The van der Waals surface area contributed by atoms with Crippen LogP contribution in [0.4, 0.5) is 23.0 Å². The first-order chi connectivity index (χ1) is 25.1. The number of ether oxygens (including phenoxy) is 2. The Kier molecular flexibility index (Phi) is 13.1. The molecule has 1 aliphatic rings. The van der Waals surface area contributed by atoms with Gasteiger partial charge in [-0.2, -0.15) is 4.98 Å². The van der Waals surface area contributed by atoms with Crippen LogP contribution in [0, 0.1) is 13.8 Å². The van der Waals surface area contributed by atoms with E-state index in [1.807, 2.05) is 64.1 Å². The summed E-state index contributed by atoms with van der Waals surface area (Å²) in [4.78, 5) is 41.9. The fraction of sp³-hybridized carbons (Fsp3) is 0.350. The molecule has 11 nitrogen and oxygen atoms in total. The van der Waals surface area contributed by atoms with Crippen molar-refractivity contribution in [2.24, 2.45) is 0 Å². The van der Waals surface area contributed by atoms with Crippen molar-refractivity contribution in [1.29, 1.82) is 0 Å². The predicted molar refractivity (Wildman–Crippen MR) is 210 cm³/mol. The molecule has 12 heteroatoms. The first-order valence-electron chi connectivity index (χ1n) is 17.7. The third kappa shape index (κ3) is 9.40. The van der Waals surface area contributed by atoms with Gasteiger partial charge in [0.15, 0.2) is 11.5 Å². The summed E-state index contributed by atoms with van der Waals surface area (Å²) >= 11 is 6.80. The first kappa shape index (κ1) is 38.1. The topological polar surface area (TPSA) is 112 Å². The van der Waals surface area contributed by atoms with Gasteiger partial charge in [-0.15, -0.1) is 0 Å². The van der Waals surface area contributed by atoms with E-state index < -0.39 is 5.91 Å². The second-order valence-electron chi connectivity index (χ2n) is 12.6. The van der Waals surface area contributed by atoms with E-state index in [2.05, 4.69) is 37.3 Å². The maximum Gasteiger partial charge on any atom is 0.262 e. The number of anilines is 4. The van der Waals surface area contributed by atoms with Crippen LogP contribution in [0.3, 0.4) is 0 Å². The lowest BCUT2D eigenvalue weighted by atomic mass is 10.1. The zero-order valence-electron chi connectivity index (χ0n) is 30.8. The van der Waals surface area contributed by atoms with E-state index >= 15 is 0 Å². The Morgan fingerprint density at radius 1 is 0.962 bits per heavy atom. The van der Waals surface area contributed by atoms with E-state index in [-0.39, 0.29) is 23.3 Å². The van der Waals surface area contributed by atoms with Gasteiger partial charge in [-0.25, -0.2) is 4.98 Å². The Labute approximate surface area is 311 Å². The number of nitrogens with zero attached hydrogens (tertiary/aromatic N) is 5. The summed E-state index contributed by atoms with van der Waals surface area (Å²) in [5, 5.41) is 6.85. The summed E-state index contributed by atoms with van der Waals surface area (Å²) in [6.45, 7) is 16.1. The highest BCUT2D eigenvalue weighted by atomic mass is 35.5. The second-order valence-corrected chi connectivity index (χ2v) is 13.0. The van der Waals surface area contributed by atoms with Gasteiger partial charge in [0.1, 0.15) is 5.56 Å². The van der Waals surface area contributed by atoms with Gasteiger partial charge in [-0.1, -0.05) is 42.8 Å². The minimum absolute atomic E-state index is 0.0206. The van der Waals surface area contributed by atoms with Gasteiger partial charge >= 0.3 is 0 Å². The Hall–Kier alpha value is -5.13. The minimum Gasteiger partial charge on any atom is -0.493 e. The lowest BCUT2D eigenvalue weighted by Gasteiger charge is -2.36. The van der Waals surface area contributed by atoms with E-state index in [1.54, 1.807) is 29.2 Å². The van der Waals surface area contributed by atoms with Crippen LogP contribution in [0.2, 0.25) is 5.02 Å². The van der Waals surface area contributed by atoms with Gasteiger partial charge in [0.2, 0.25) is 17.7 Å². The molecule has 3 aromatic carbocycles. The maximum absolute atomic E-state index is 13.8. The van der Waals surface area contributed by atoms with Crippen molar-refractivity contribution in [3.8, 4) is 17.4 Å². The van der Waals surface area contributed by atoms with Crippen LogP contribution >= 0.6 is 11.6 Å². The molecule has 274 valence electrons. The molecule has 0 aliphatic carbocycles. The number of carbonyl (C=O) groups is 2. The number of methoxy groups -OCH3 is 1. The smallest absolute Gasteiger partial charge is 0.262 e. The molecule has 1 saturated heterocycles. The third-order valence-corrected chi connectivity index (χ3v) is 9.37. The Bertz CT molecular complexity index is 1890. The molecule has 2 amide bonds. The van der Waals surface area contributed by atoms with E-state index in [9.17, 15) is 9.59 Å². The van der Waals surface area contributed by atoms with E-state index in [4.69, 9.17) is 21.1 Å². The number of piperazine rings is 1. The van der Waals surface area contributed by atoms with Gasteiger partial charge in [0.05, 0.1) is 17.8 Å². The number of hydrogen-bond donors (Lipinski definition) is 2. The van der Waals surface area contributed by atoms with Crippen molar-refractivity contribution in [3.05, 3.63) is 94.1 Å². The molecule has 0 spiro atoms. The zero-order valence-corrected chi connectivity index (χ0v) is 31.6. The fourth-order valence-electron chi connectivity index (χ4n) is 6.14. The summed E-state index contributed by atoms with van der Waals surface area (Å²) in [5.74, 6) is 0.442. The van der Waals surface area contributed by atoms with Gasteiger partial charge in [-0.3, -0.25) is 14.5 Å². The molecular weight excluding hydrogens is 678 g/mol. The fourth-order valence-corrected chi connectivity index (χ4v) is 6.44. The van der Waals surface area contributed by atoms with Gasteiger partial charge in [0, 0.05) is 62.9 Å². The molecule has 0 saturated carbocycles. The minimum atomic E-state index is -0.432. The van der Waals surface area contributed by atoms with Crippen molar-refractivity contribution in [2.45, 2.75) is 41.0 Å². The van der Waals surface area contributed by atoms with Crippen LogP contribution < -0.4 is 25.0 Å². The molecule has 2 N–H and O–H groups in total. The number of likely N-dealkylation sites (N-methyl/N-ethyl adjacent to an activating group) is 1. The van der Waals surface area contributed by atoms with Gasteiger partial charge in [0.25, 0.3) is 5.91 Å². The average molecular weight is 726 g/mol. The molecule has 0 unspecified atom stereocenters. The van der Waals surface area contributed by atoms with Crippen LogP contribution in [0.15, 0.2) is 66.9 Å². The summed E-state index contributed by atoms with van der Waals surface area (Å²) in [7, 11) is 1.52. The molecule has 2 heterocycles. The molecule has 52 heavy (non-hydrogen) atoms. The standard InChI is InChI=1S/C40H48ClN7O4/c1-7-19-46-20-22-48(23-21-46)33-16-15-30(25-32(33)41)43-40-42-26-31(38(50)44-37-27(4)11-10-12-28(37)5)39(45-40)52-34-17-13-29(24-35(34)51-6)14-18-36(49)47(8-2)9-3/h10-18,24-26H,7-9,19-23H2,1-6H3,(H,44,50)(H,42,43,45)/b18-14+. The monoisotopic (exact) mass is 725 g/mol. The number of hydrogen-bond acceptors (Lipinski definition) is 9. The quantitative estimate of drug-likeness (QED) is 0.125. The molecule has 1 aromatic heterocycles. The van der Waals surface area contributed by atoms with E-state index in [0.29, 0.717) is 41.0 Å². The van der Waals surface area contributed by atoms with Crippen LogP contribution in [-0.4, -0.2) is 84.5 Å². The number of rotatable bonds is 14. The Balaban J connectivity index is 1.42. The van der Waals surface area contributed by atoms with E-state index in [0.717, 1.165) is 61.5 Å². The van der Waals surface area contributed by atoms with Crippen LogP contribution in [0.25, 0.3) is 6.08 Å². The molecule has 1 fully saturated rings. The number of nitrogens with one attached hydrogen (secondary N) is 2. The first-order valence-corrected chi connectivity index (χ1v) is 18.1. The highest BCUT2D eigenvalue weighted by Crippen LogP contribution is 2.35. The van der Waals surface area contributed by atoms with Crippen LogP contribution in [0.5, 0.6) is 17.4 Å². The predicted octanol–water partition coefficient (Wildman–Crippen LogP) is 7.96. The number of benzene rings is 3. The zero-order chi connectivity index (χ0) is 37.2. The number of halogens is 1. The Morgan fingerprint density at radius 3 is 2.35 bits per heavy atom. The molecule has 4 aromatic rings. The number of aryl methyl sites for hydroxylation is 2. The SMILES string of the molecule is CCCN1CCN(c2ccc(Nc3ncc(C(=O)Nc4c(C)cccc4C)c(Oc4ccc(/C=C/C(=O)N(CC)CC)cc4OC)n3)cc2Cl)CC1. The summed E-state index contributed by atoms with van der Waals surface area (Å²) in [6.07, 6.45) is 5.84. The van der Waals surface area contributed by atoms with Gasteiger partial charge in [-0.05, 0) is 93.8 Å². The van der Waals surface area contributed by atoms with Crippen molar-refractivity contribution in [3.63, 3.8) is 0 Å². The van der Waals surface area contributed by atoms with Crippen molar-refractivity contribution < 1.29 is 19.1 Å². The number of aromatic nitrogens is 2. The molecule has 0 radical (unpaired) electrons. The second kappa shape index (κ2) is 17.9. The lowest BCUT2D eigenvalue weighted by Crippen LogP contribution is -2.46. The van der Waals surface area contributed by atoms with Crippen LogP contribution in [0.1, 0.15) is 54.2 Å². The highest BCUT2D eigenvalue weighted by Gasteiger charge is 2.22. The molecule has 1 aliphatic heterocycles.